The standard InChI is InChI=1S/C15H27NO/c1-2-11-16-12-6-9-15(17,10-13-16)14-7-4-3-5-8-14/h7,17H,2-6,8-13H2,1H3. The maximum atomic E-state index is 10.9. The summed E-state index contributed by atoms with van der Waals surface area (Å²) in [6.07, 6.45) is 11.5. The summed E-state index contributed by atoms with van der Waals surface area (Å²) < 4.78 is 0. The molecule has 1 aliphatic carbocycles. The minimum Gasteiger partial charge on any atom is -0.385 e. The van der Waals surface area contributed by atoms with Gasteiger partial charge in [-0.2, -0.15) is 0 Å². The average Bonchev–Trinajstić information content (AvgIpc) is 2.55. The predicted octanol–water partition coefficient (Wildman–Crippen LogP) is 3.11. The summed E-state index contributed by atoms with van der Waals surface area (Å²) in [5.41, 5.74) is 0.880. The first-order valence-corrected chi connectivity index (χ1v) is 7.39. The Morgan fingerprint density at radius 3 is 2.82 bits per heavy atom. The second-order valence-corrected chi connectivity index (χ2v) is 5.70. The zero-order valence-electron chi connectivity index (χ0n) is 11.2. The van der Waals surface area contributed by atoms with Gasteiger partial charge in [0, 0.05) is 6.54 Å². The molecule has 0 aromatic heterocycles. The molecule has 1 aliphatic heterocycles. The monoisotopic (exact) mass is 237 g/mol. The lowest BCUT2D eigenvalue weighted by atomic mass is 9.81. The number of rotatable bonds is 3. The first-order chi connectivity index (χ1) is 8.24. The molecule has 1 N–H and O–H groups in total. The van der Waals surface area contributed by atoms with Gasteiger partial charge in [0.2, 0.25) is 0 Å². The highest BCUT2D eigenvalue weighted by atomic mass is 16.3. The Labute approximate surface area is 106 Å². The fraction of sp³-hybridized carbons (Fsp3) is 0.867. The van der Waals surface area contributed by atoms with Crippen LogP contribution in [0.3, 0.4) is 0 Å². The fourth-order valence-electron chi connectivity index (χ4n) is 3.30. The number of allylic oxidation sites excluding steroid dienone is 1. The SMILES string of the molecule is CCCN1CCCC(O)(C2=CCCCC2)CC1. The van der Waals surface area contributed by atoms with Crippen LogP contribution in [0.1, 0.15) is 58.3 Å². The smallest absolute Gasteiger partial charge is 0.0869 e. The van der Waals surface area contributed by atoms with E-state index in [1.807, 2.05) is 0 Å². The normalized spacial score (nSPS) is 32.0. The van der Waals surface area contributed by atoms with E-state index in [2.05, 4.69) is 17.9 Å². The molecular formula is C15H27NO. The van der Waals surface area contributed by atoms with Gasteiger partial charge in [0.25, 0.3) is 0 Å². The van der Waals surface area contributed by atoms with Crippen LogP contribution in [0.5, 0.6) is 0 Å². The molecule has 2 heteroatoms. The maximum absolute atomic E-state index is 10.9. The van der Waals surface area contributed by atoms with E-state index in [0.717, 1.165) is 32.2 Å². The van der Waals surface area contributed by atoms with Crippen molar-refractivity contribution in [1.82, 2.24) is 4.90 Å². The highest BCUT2D eigenvalue weighted by Crippen LogP contribution is 2.35. The first kappa shape index (κ1) is 13.1. The number of aliphatic hydroxyl groups is 1. The highest BCUT2D eigenvalue weighted by Gasteiger charge is 2.33. The first-order valence-electron chi connectivity index (χ1n) is 7.39. The molecule has 1 atom stereocenters. The molecule has 0 spiro atoms. The third-order valence-electron chi connectivity index (χ3n) is 4.33. The van der Waals surface area contributed by atoms with Crippen molar-refractivity contribution in [2.45, 2.75) is 63.9 Å². The lowest BCUT2D eigenvalue weighted by Gasteiger charge is -2.32. The van der Waals surface area contributed by atoms with Crippen molar-refractivity contribution in [1.29, 1.82) is 0 Å². The van der Waals surface area contributed by atoms with Gasteiger partial charge >= 0.3 is 0 Å². The fourth-order valence-corrected chi connectivity index (χ4v) is 3.30. The van der Waals surface area contributed by atoms with Gasteiger partial charge in [-0.15, -0.1) is 0 Å². The summed E-state index contributed by atoms with van der Waals surface area (Å²) >= 11 is 0. The minimum absolute atomic E-state index is 0.469. The number of likely N-dealkylation sites (tertiary alicyclic amines) is 1. The van der Waals surface area contributed by atoms with Crippen molar-refractivity contribution in [3.8, 4) is 0 Å². The van der Waals surface area contributed by atoms with E-state index >= 15 is 0 Å². The molecule has 2 rings (SSSR count). The van der Waals surface area contributed by atoms with Gasteiger partial charge < -0.3 is 10.0 Å². The molecule has 0 bridgehead atoms. The summed E-state index contributed by atoms with van der Waals surface area (Å²) in [6, 6.07) is 0. The molecule has 0 amide bonds. The average molecular weight is 237 g/mol. The van der Waals surface area contributed by atoms with E-state index in [9.17, 15) is 5.11 Å². The third kappa shape index (κ3) is 3.32. The summed E-state index contributed by atoms with van der Waals surface area (Å²) in [5.74, 6) is 0. The van der Waals surface area contributed by atoms with Gasteiger partial charge in [-0.1, -0.05) is 13.0 Å². The van der Waals surface area contributed by atoms with Crippen LogP contribution in [-0.2, 0) is 0 Å². The van der Waals surface area contributed by atoms with Gasteiger partial charge in [-0.05, 0) is 70.0 Å². The van der Waals surface area contributed by atoms with Crippen LogP contribution in [0.15, 0.2) is 11.6 Å². The molecule has 1 fully saturated rings. The molecule has 2 aliphatic rings. The molecule has 2 nitrogen and oxygen atoms in total. The second-order valence-electron chi connectivity index (χ2n) is 5.70. The van der Waals surface area contributed by atoms with Gasteiger partial charge in [-0.25, -0.2) is 0 Å². The van der Waals surface area contributed by atoms with Crippen LogP contribution >= 0.6 is 0 Å². The van der Waals surface area contributed by atoms with Crippen LogP contribution < -0.4 is 0 Å². The van der Waals surface area contributed by atoms with E-state index in [0.29, 0.717) is 0 Å². The van der Waals surface area contributed by atoms with Crippen LogP contribution in [0, 0.1) is 0 Å². The van der Waals surface area contributed by atoms with Crippen LogP contribution in [0.25, 0.3) is 0 Å². The molecular weight excluding hydrogens is 210 g/mol. The zero-order chi connectivity index (χ0) is 12.1. The molecule has 0 aromatic carbocycles. The van der Waals surface area contributed by atoms with Crippen LogP contribution in [-0.4, -0.2) is 35.2 Å². The van der Waals surface area contributed by atoms with Crippen LogP contribution in [0.2, 0.25) is 0 Å². The van der Waals surface area contributed by atoms with E-state index in [-0.39, 0.29) is 0 Å². The van der Waals surface area contributed by atoms with E-state index < -0.39 is 5.60 Å². The molecule has 17 heavy (non-hydrogen) atoms. The van der Waals surface area contributed by atoms with Crippen molar-refractivity contribution >= 4 is 0 Å². The molecule has 0 saturated carbocycles. The molecule has 1 saturated heterocycles. The van der Waals surface area contributed by atoms with Gasteiger partial charge in [0.05, 0.1) is 5.60 Å². The number of nitrogens with zero attached hydrogens (tertiary/aromatic N) is 1. The molecule has 98 valence electrons. The van der Waals surface area contributed by atoms with E-state index in [4.69, 9.17) is 0 Å². The molecule has 1 unspecified atom stereocenters. The lowest BCUT2D eigenvalue weighted by Crippen LogP contribution is -2.34. The van der Waals surface area contributed by atoms with Crippen molar-refractivity contribution in [2.24, 2.45) is 0 Å². The Morgan fingerprint density at radius 1 is 1.24 bits per heavy atom. The largest absolute Gasteiger partial charge is 0.385 e. The van der Waals surface area contributed by atoms with Crippen molar-refractivity contribution in [2.75, 3.05) is 19.6 Å². The predicted molar refractivity (Wildman–Crippen MR) is 72.1 cm³/mol. The Morgan fingerprint density at radius 2 is 2.12 bits per heavy atom. The minimum atomic E-state index is -0.469. The van der Waals surface area contributed by atoms with Crippen LogP contribution in [0.4, 0.5) is 0 Å². The number of hydrogen-bond donors (Lipinski definition) is 1. The van der Waals surface area contributed by atoms with Crippen molar-refractivity contribution in [3.63, 3.8) is 0 Å². The van der Waals surface area contributed by atoms with Gasteiger partial charge in [0.15, 0.2) is 0 Å². The Hall–Kier alpha value is -0.340. The van der Waals surface area contributed by atoms with E-state index in [1.54, 1.807) is 0 Å². The summed E-state index contributed by atoms with van der Waals surface area (Å²) in [4.78, 5) is 2.52. The Bertz CT molecular complexity index is 274. The quantitative estimate of drug-likeness (QED) is 0.762. The zero-order valence-corrected chi connectivity index (χ0v) is 11.2. The third-order valence-corrected chi connectivity index (χ3v) is 4.33. The Kier molecular flexibility index (Phi) is 4.63. The van der Waals surface area contributed by atoms with Gasteiger partial charge in [-0.3, -0.25) is 0 Å². The topological polar surface area (TPSA) is 23.5 Å². The maximum Gasteiger partial charge on any atom is 0.0869 e. The lowest BCUT2D eigenvalue weighted by molar-refractivity contribution is 0.0572. The summed E-state index contributed by atoms with van der Waals surface area (Å²) in [7, 11) is 0. The summed E-state index contributed by atoms with van der Waals surface area (Å²) in [6.45, 7) is 5.67. The van der Waals surface area contributed by atoms with Crippen molar-refractivity contribution in [3.05, 3.63) is 11.6 Å². The molecule has 0 aromatic rings. The highest BCUT2D eigenvalue weighted by molar-refractivity contribution is 5.19. The Balaban J connectivity index is 1.98. The second kappa shape index (κ2) is 6.01. The molecule has 1 heterocycles. The number of hydrogen-bond acceptors (Lipinski definition) is 2. The van der Waals surface area contributed by atoms with Crippen molar-refractivity contribution < 1.29 is 5.11 Å². The van der Waals surface area contributed by atoms with E-state index in [1.165, 1.54) is 44.3 Å². The van der Waals surface area contributed by atoms with Gasteiger partial charge in [0.1, 0.15) is 0 Å². The molecule has 0 radical (unpaired) electrons. The summed E-state index contributed by atoms with van der Waals surface area (Å²) in [5, 5.41) is 10.9.